The lowest BCUT2D eigenvalue weighted by Crippen LogP contribution is -2.32. The van der Waals surface area contributed by atoms with E-state index in [2.05, 4.69) is 10.4 Å². The number of carbonyl (C=O) groups is 1. The Bertz CT molecular complexity index is 694. The van der Waals surface area contributed by atoms with Crippen molar-refractivity contribution in [3.8, 4) is 5.69 Å². The van der Waals surface area contributed by atoms with Crippen LogP contribution in [0, 0.1) is 6.92 Å². The van der Waals surface area contributed by atoms with Crippen molar-refractivity contribution in [3.05, 3.63) is 46.2 Å². The Labute approximate surface area is 142 Å². The van der Waals surface area contributed by atoms with Gasteiger partial charge in [-0.25, -0.2) is 4.68 Å². The highest BCUT2D eigenvalue weighted by molar-refractivity contribution is 6.30. The molecule has 0 saturated carbocycles. The summed E-state index contributed by atoms with van der Waals surface area (Å²) < 4.78 is 1.81. The smallest absolute Gasteiger partial charge is 0.255 e. The summed E-state index contributed by atoms with van der Waals surface area (Å²) >= 11 is 6.07. The van der Waals surface area contributed by atoms with Gasteiger partial charge in [0.05, 0.1) is 22.6 Å². The van der Waals surface area contributed by atoms with E-state index in [1.807, 2.05) is 61.8 Å². The van der Waals surface area contributed by atoms with Crippen LogP contribution in [0.2, 0.25) is 5.02 Å². The zero-order valence-electron chi connectivity index (χ0n) is 14.1. The lowest BCUT2D eigenvalue weighted by Gasteiger charge is -2.11. The van der Waals surface area contributed by atoms with Crippen LogP contribution in [0.3, 0.4) is 0 Å². The number of aromatic nitrogens is 2. The van der Waals surface area contributed by atoms with Gasteiger partial charge in [0, 0.05) is 18.1 Å². The maximum absolute atomic E-state index is 12.5. The fourth-order valence-electron chi connectivity index (χ4n) is 2.50. The second-order valence-corrected chi connectivity index (χ2v) is 6.15. The number of benzene rings is 1. The van der Waals surface area contributed by atoms with Gasteiger partial charge in [0.15, 0.2) is 0 Å². The molecule has 0 atom stereocenters. The molecule has 1 N–H and O–H groups in total. The van der Waals surface area contributed by atoms with Crippen LogP contribution in [-0.2, 0) is 6.42 Å². The van der Waals surface area contributed by atoms with E-state index in [-0.39, 0.29) is 5.91 Å². The number of rotatable bonds is 6. The first kappa shape index (κ1) is 17.5. The molecule has 0 saturated heterocycles. The minimum Gasteiger partial charge on any atom is -0.351 e. The molecule has 0 bridgehead atoms. The minimum absolute atomic E-state index is 0.0746. The summed E-state index contributed by atoms with van der Waals surface area (Å²) in [5.74, 6) is -0.0746. The topological polar surface area (TPSA) is 50.2 Å². The predicted octanol–water partition coefficient (Wildman–Crippen LogP) is 2.69. The van der Waals surface area contributed by atoms with Crippen molar-refractivity contribution in [2.75, 3.05) is 27.2 Å². The first-order chi connectivity index (χ1) is 10.9. The molecule has 0 aliphatic rings. The maximum Gasteiger partial charge on any atom is 0.255 e. The van der Waals surface area contributed by atoms with Crippen LogP contribution >= 0.6 is 11.6 Å². The maximum atomic E-state index is 12.5. The molecule has 0 spiro atoms. The fraction of sp³-hybridized carbons (Fsp3) is 0.412. The van der Waals surface area contributed by atoms with Crippen LogP contribution in [-0.4, -0.2) is 47.8 Å². The summed E-state index contributed by atoms with van der Waals surface area (Å²) in [6.07, 6.45) is 0.712. The molecule has 0 aliphatic heterocycles. The van der Waals surface area contributed by atoms with E-state index in [9.17, 15) is 4.79 Å². The summed E-state index contributed by atoms with van der Waals surface area (Å²) in [5.41, 5.74) is 3.15. The Hall–Kier alpha value is -1.85. The van der Waals surface area contributed by atoms with Crippen LogP contribution < -0.4 is 5.32 Å². The fourth-order valence-corrected chi connectivity index (χ4v) is 2.68. The highest BCUT2D eigenvalue weighted by Gasteiger charge is 2.21. The van der Waals surface area contributed by atoms with Gasteiger partial charge in [-0.05, 0) is 45.6 Å². The highest BCUT2D eigenvalue weighted by atomic mass is 35.5. The molecule has 2 rings (SSSR count). The largest absolute Gasteiger partial charge is 0.351 e. The third-order valence-electron chi connectivity index (χ3n) is 3.62. The Morgan fingerprint density at radius 2 is 2.13 bits per heavy atom. The average molecular weight is 335 g/mol. The SMILES string of the molecule is CCc1c(C(=O)NCCN(C)C)c(C)nn1-c1cccc(Cl)c1. The number of carbonyl (C=O) groups excluding carboxylic acids is 1. The number of likely N-dealkylation sites (N-methyl/N-ethyl adjacent to an activating group) is 1. The minimum atomic E-state index is -0.0746. The van der Waals surface area contributed by atoms with Gasteiger partial charge < -0.3 is 10.2 Å². The molecular formula is C17H23ClN4O. The summed E-state index contributed by atoms with van der Waals surface area (Å²) in [5, 5.41) is 8.15. The molecule has 0 fully saturated rings. The molecule has 1 amide bonds. The number of amides is 1. The zero-order chi connectivity index (χ0) is 17.0. The quantitative estimate of drug-likeness (QED) is 0.883. The van der Waals surface area contributed by atoms with Crippen LogP contribution in [0.15, 0.2) is 24.3 Å². The van der Waals surface area contributed by atoms with Crippen molar-refractivity contribution in [2.45, 2.75) is 20.3 Å². The molecule has 6 heteroatoms. The van der Waals surface area contributed by atoms with Gasteiger partial charge in [-0.15, -0.1) is 0 Å². The third-order valence-corrected chi connectivity index (χ3v) is 3.85. The predicted molar refractivity (Wildman–Crippen MR) is 93.6 cm³/mol. The average Bonchev–Trinajstić information content (AvgIpc) is 2.83. The number of nitrogens with one attached hydrogen (secondary N) is 1. The van der Waals surface area contributed by atoms with Gasteiger partial charge in [-0.3, -0.25) is 4.79 Å². The van der Waals surface area contributed by atoms with E-state index in [0.717, 1.165) is 23.6 Å². The molecule has 1 aromatic carbocycles. The standard InChI is InChI=1S/C17H23ClN4O/c1-5-15-16(17(23)19-9-10-21(3)4)12(2)20-22(15)14-8-6-7-13(18)11-14/h6-8,11H,5,9-10H2,1-4H3,(H,19,23). The number of nitrogens with zero attached hydrogens (tertiary/aromatic N) is 3. The van der Waals surface area contributed by atoms with E-state index in [1.54, 1.807) is 0 Å². The number of hydrogen-bond acceptors (Lipinski definition) is 3. The van der Waals surface area contributed by atoms with Crippen LogP contribution in [0.25, 0.3) is 5.69 Å². The number of halogens is 1. The van der Waals surface area contributed by atoms with E-state index >= 15 is 0 Å². The van der Waals surface area contributed by atoms with Gasteiger partial charge in [0.25, 0.3) is 5.91 Å². The van der Waals surface area contributed by atoms with Gasteiger partial charge in [-0.2, -0.15) is 5.10 Å². The zero-order valence-corrected chi connectivity index (χ0v) is 14.8. The summed E-state index contributed by atoms with van der Waals surface area (Å²) in [6, 6.07) is 7.49. The lowest BCUT2D eigenvalue weighted by atomic mass is 10.1. The van der Waals surface area contributed by atoms with Gasteiger partial charge in [0.2, 0.25) is 0 Å². The Balaban J connectivity index is 2.32. The second-order valence-electron chi connectivity index (χ2n) is 5.71. The molecule has 0 radical (unpaired) electrons. The Morgan fingerprint density at radius 3 is 2.74 bits per heavy atom. The second kappa shape index (κ2) is 7.62. The molecule has 0 unspecified atom stereocenters. The first-order valence-corrected chi connectivity index (χ1v) is 8.09. The molecule has 23 heavy (non-hydrogen) atoms. The Kier molecular flexibility index (Phi) is 5.80. The van der Waals surface area contributed by atoms with Crippen molar-refractivity contribution in [3.63, 3.8) is 0 Å². The number of hydrogen-bond donors (Lipinski definition) is 1. The summed E-state index contributed by atoms with van der Waals surface area (Å²) in [7, 11) is 3.96. The lowest BCUT2D eigenvalue weighted by molar-refractivity contribution is 0.0949. The summed E-state index contributed by atoms with van der Waals surface area (Å²) in [4.78, 5) is 14.6. The molecule has 1 aromatic heterocycles. The monoisotopic (exact) mass is 334 g/mol. The molecule has 5 nitrogen and oxygen atoms in total. The van der Waals surface area contributed by atoms with E-state index in [0.29, 0.717) is 23.6 Å². The van der Waals surface area contributed by atoms with Crippen LogP contribution in [0.5, 0.6) is 0 Å². The number of aryl methyl sites for hydroxylation is 1. The van der Waals surface area contributed by atoms with Crippen molar-refractivity contribution >= 4 is 17.5 Å². The first-order valence-electron chi connectivity index (χ1n) is 7.71. The highest BCUT2D eigenvalue weighted by Crippen LogP contribution is 2.21. The van der Waals surface area contributed by atoms with E-state index < -0.39 is 0 Å². The van der Waals surface area contributed by atoms with Gasteiger partial charge in [0.1, 0.15) is 0 Å². The van der Waals surface area contributed by atoms with Crippen molar-refractivity contribution in [1.82, 2.24) is 20.0 Å². The van der Waals surface area contributed by atoms with E-state index in [4.69, 9.17) is 11.6 Å². The van der Waals surface area contributed by atoms with Crippen LogP contribution in [0.4, 0.5) is 0 Å². The molecule has 124 valence electrons. The van der Waals surface area contributed by atoms with Crippen molar-refractivity contribution < 1.29 is 4.79 Å². The van der Waals surface area contributed by atoms with E-state index in [1.165, 1.54) is 0 Å². The van der Waals surface area contributed by atoms with Gasteiger partial charge in [-0.1, -0.05) is 24.6 Å². The van der Waals surface area contributed by atoms with Crippen molar-refractivity contribution in [1.29, 1.82) is 0 Å². The van der Waals surface area contributed by atoms with Crippen molar-refractivity contribution in [2.24, 2.45) is 0 Å². The summed E-state index contributed by atoms with van der Waals surface area (Å²) in [6.45, 7) is 5.29. The van der Waals surface area contributed by atoms with Crippen LogP contribution in [0.1, 0.15) is 28.7 Å². The molecule has 2 aromatic rings. The molecule has 1 heterocycles. The normalized spacial score (nSPS) is 11.0. The third kappa shape index (κ3) is 4.12. The van der Waals surface area contributed by atoms with Gasteiger partial charge >= 0.3 is 0 Å². The Morgan fingerprint density at radius 1 is 1.39 bits per heavy atom. The molecule has 0 aliphatic carbocycles. The molecular weight excluding hydrogens is 312 g/mol.